The van der Waals surface area contributed by atoms with Gasteiger partial charge in [-0.05, 0) is 30.7 Å². The van der Waals surface area contributed by atoms with Crippen LogP contribution in [-0.2, 0) is 6.54 Å². The highest BCUT2D eigenvalue weighted by atomic mass is 16.2. The Hall–Kier alpha value is -4.56. The van der Waals surface area contributed by atoms with Gasteiger partial charge in [0.05, 0.1) is 38.6 Å². The number of hydrogen-bond donors (Lipinski definition) is 2. The highest BCUT2D eigenvalue weighted by Gasteiger charge is 2.26. The Morgan fingerprint density at radius 3 is 1.95 bits per heavy atom. The van der Waals surface area contributed by atoms with E-state index in [0.29, 0.717) is 18.8 Å². The van der Waals surface area contributed by atoms with E-state index in [4.69, 9.17) is 11.5 Å². The van der Waals surface area contributed by atoms with Crippen molar-refractivity contribution in [3.63, 3.8) is 0 Å². The predicted octanol–water partition coefficient (Wildman–Crippen LogP) is 3.99. The highest BCUT2D eigenvalue weighted by molar-refractivity contribution is 6.20. The lowest BCUT2D eigenvalue weighted by Crippen LogP contribution is -2.26. The summed E-state index contributed by atoms with van der Waals surface area (Å²) < 4.78 is 1.02. The van der Waals surface area contributed by atoms with Gasteiger partial charge in [0.15, 0.2) is 10.9 Å². The summed E-state index contributed by atoms with van der Waals surface area (Å²) in [4.78, 5) is 56.4. The zero-order valence-corrected chi connectivity index (χ0v) is 22.5. The van der Waals surface area contributed by atoms with Gasteiger partial charge >= 0.3 is 0 Å². The van der Waals surface area contributed by atoms with Crippen LogP contribution in [0.1, 0.15) is 38.2 Å². The number of anilines is 2. The molecule has 0 atom stereocenters. The molecule has 8 heteroatoms. The molecule has 0 radical (unpaired) electrons. The monoisotopic (exact) mass is 536 g/mol. The molecule has 0 aliphatic rings. The van der Waals surface area contributed by atoms with Gasteiger partial charge in [0.1, 0.15) is 0 Å². The quantitative estimate of drug-likeness (QED) is 0.0908. The lowest BCUT2D eigenvalue weighted by molar-refractivity contribution is 0.286. The molecular weight excluding hydrogens is 504 g/mol. The topological polar surface area (TPSA) is 128 Å². The third kappa shape index (κ3) is 4.40. The molecular formula is C32H32N4O4. The molecule has 4 N–H and O–H groups in total. The fourth-order valence-corrected chi connectivity index (χ4v) is 5.64. The van der Waals surface area contributed by atoms with Crippen molar-refractivity contribution in [2.45, 2.75) is 39.2 Å². The SMILES string of the molecule is C=CCN(CCCCCC)Cc1cccc(-n2c(=O)c3c(N)c4c(=O)c5ccccc5c(=O)c4c(N)c3c2=O)c1. The smallest absolute Gasteiger partial charge is 0.268 e. The number of fused-ring (bicyclic) bond motifs is 3. The Morgan fingerprint density at radius 2 is 1.40 bits per heavy atom. The lowest BCUT2D eigenvalue weighted by atomic mass is 9.97. The Bertz CT molecular complexity index is 1880. The molecule has 40 heavy (non-hydrogen) atoms. The average Bonchev–Trinajstić information content (AvgIpc) is 3.22. The van der Waals surface area contributed by atoms with Crippen molar-refractivity contribution in [1.29, 1.82) is 0 Å². The van der Waals surface area contributed by atoms with Crippen LogP contribution in [0.25, 0.3) is 38.0 Å². The maximum Gasteiger partial charge on any atom is 0.268 e. The zero-order chi connectivity index (χ0) is 28.6. The summed E-state index contributed by atoms with van der Waals surface area (Å²) in [5.74, 6) is 0. The summed E-state index contributed by atoms with van der Waals surface area (Å²) in [6, 6.07) is 13.6. The fourth-order valence-electron chi connectivity index (χ4n) is 5.64. The van der Waals surface area contributed by atoms with E-state index >= 15 is 0 Å². The molecule has 1 aromatic heterocycles. The Kier molecular flexibility index (Phi) is 7.36. The number of rotatable bonds is 10. The molecule has 5 aromatic rings. The van der Waals surface area contributed by atoms with E-state index < -0.39 is 22.0 Å². The largest absolute Gasteiger partial charge is 0.397 e. The van der Waals surface area contributed by atoms with Crippen LogP contribution < -0.4 is 33.4 Å². The second-order valence-electron chi connectivity index (χ2n) is 10.2. The second-order valence-corrected chi connectivity index (χ2v) is 10.2. The minimum absolute atomic E-state index is 0.125. The van der Waals surface area contributed by atoms with E-state index in [0.717, 1.165) is 35.9 Å². The molecule has 0 fully saturated rings. The molecule has 0 saturated heterocycles. The van der Waals surface area contributed by atoms with Crippen LogP contribution in [0.15, 0.2) is 80.4 Å². The molecule has 4 aromatic carbocycles. The first-order chi connectivity index (χ1) is 19.3. The molecule has 0 saturated carbocycles. The molecule has 0 amide bonds. The predicted molar refractivity (Wildman–Crippen MR) is 164 cm³/mol. The van der Waals surface area contributed by atoms with Gasteiger partial charge in [-0.2, -0.15) is 0 Å². The first-order valence-corrected chi connectivity index (χ1v) is 13.5. The number of nitrogen functional groups attached to an aromatic ring is 2. The standard InChI is InChI=1S/C32H32N4O4/c1-3-5-6-9-16-35(15-4-2)18-19-11-10-12-20(17-19)36-31(39)25-26(32(36)40)28(34)24-23(27(25)33)29(37)21-13-7-8-14-22(21)30(24)38/h4,7-8,10-14,17H,2-3,5-6,9,15-16,18,33-34H2,1H3. The van der Waals surface area contributed by atoms with Crippen molar-refractivity contribution >= 4 is 43.7 Å². The van der Waals surface area contributed by atoms with Crippen LogP contribution in [-0.4, -0.2) is 22.6 Å². The molecule has 204 valence electrons. The van der Waals surface area contributed by atoms with E-state index in [9.17, 15) is 19.2 Å². The van der Waals surface area contributed by atoms with E-state index in [1.165, 1.54) is 18.6 Å². The summed E-state index contributed by atoms with van der Waals surface area (Å²) in [6.45, 7) is 8.29. The van der Waals surface area contributed by atoms with Gasteiger partial charge < -0.3 is 11.5 Å². The zero-order valence-electron chi connectivity index (χ0n) is 22.5. The van der Waals surface area contributed by atoms with Crippen LogP contribution in [0, 0.1) is 0 Å². The maximum absolute atomic E-state index is 13.7. The van der Waals surface area contributed by atoms with Crippen molar-refractivity contribution in [2.75, 3.05) is 24.6 Å². The van der Waals surface area contributed by atoms with E-state index in [2.05, 4.69) is 18.4 Å². The lowest BCUT2D eigenvalue weighted by Gasteiger charge is -2.21. The molecule has 5 rings (SSSR count). The Labute approximate surface area is 230 Å². The maximum atomic E-state index is 13.7. The van der Waals surface area contributed by atoms with Crippen LogP contribution >= 0.6 is 0 Å². The summed E-state index contributed by atoms with van der Waals surface area (Å²) in [7, 11) is 0. The van der Waals surface area contributed by atoms with Gasteiger partial charge in [-0.1, -0.05) is 68.7 Å². The van der Waals surface area contributed by atoms with Gasteiger partial charge in [-0.25, -0.2) is 4.57 Å². The van der Waals surface area contributed by atoms with Gasteiger partial charge in [0, 0.05) is 23.9 Å². The number of nitrogens with two attached hydrogens (primary N) is 2. The summed E-state index contributed by atoms with van der Waals surface area (Å²) in [5, 5.41) is -0.162. The Balaban J connectivity index is 1.67. The van der Waals surface area contributed by atoms with Gasteiger partial charge in [0.25, 0.3) is 11.1 Å². The normalized spacial score (nSPS) is 11.8. The molecule has 0 aliphatic heterocycles. The van der Waals surface area contributed by atoms with Crippen LogP contribution in [0.3, 0.4) is 0 Å². The first-order valence-electron chi connectivity index (χ1n) is 13.5. The average molecular weight is 537 g/mol. The summed E-state index contributed by atoms with van der Waals surface area (Å²) in [6.07, 6.45) is 6.45. The van der Waals surface area contributed by atoms with Crippen LogP contribution in [0.2, 0.25) is 0 Å². The third-order valence-electron chi connectivity index (χ3n) is 7.57. The van der Waals surface area contributed by atoms with Crippen LogP contribution in [0.4, 0.5) is 11.4 Å². The number of hydrogen-bond acceptors (Lipinski definition) is 7. The van der Waals surface area contributed by atoms with Crippen molar-refractivity contribution in [1.82, 2.24) is 9.47 Å². The molecule has 8 nitrogen and oxygen atoms in total. The van der Waals surface area contributed by atoms with E-state index in [1.54, 1.807) is 30.3 Å². The van der Waals surface area contributed by atoms with Gasteiger partial charge in [-0.3, -0.25) is 24.1 Å². The molecule has 0 unspecified atom stereocenters. The number of benzene rings is 4. The van der Waals surface area contributed by atoms with Gasteiger partial charge in [0.2, 0.25) is 0 Å². The third-order valence-corrected chi connectivity index (χ3v) is 7.57. The fraction of sp³-hybridized carbons (Fsp3) is 0.250. The first kappa shape index (κ1) is 27.0. The molecule has 1 heterocycles. The van der Waals surface area contributed by atoms with Crippen LogP contribution in [0.5, 0.6) is 0 Å². The highest BCUT2D eigenvalue weighted by Crippen LogP contribution is 2.32. The minimum atomic E-state index is -0.675. The van der Waals surface area contributed by atoms with E-state index in [-0.39, 0.29) is 43.7 Å². The number of nitrogens with zero attached hydrogens (tertiary/aromatic N) is 2. The molecule has 0 spiro atoms. The van der Waals surface area contributed by atoms with Crippen molar-refractivity contribution in [3.05, 3.63) is 108 Å². The van der Waals surface area contributed by atoms with Crippen molar-refractivity contribution in [2.24, 2.45) is 0 Å². The molecule has 0 bridgehead atoms. The Morgan fingerprint density at radius 1 is 0.800 bits per heavy atom. The van der Waals surface area contributed by atoms with E-state index in [1.807, 2.05) is 12.1 Å². The second kappa shape index (κ2) is 10.9. The number of aromatic nitrogens is 1. The molecule has 0 aliphatic carbocycles. The van der Waals surface area contributed by atoms with Gasteiger partial charge in [-0.15, -0.1) is 6.58 Å². The number of unbranched alkanes of at least 4 members (excludes halogenated alkanes) is 3. The van der Waals surface area contributed by atoms with Crippen molar-refractivity contribution < 1.29 is 0 Å². The summed E-state index contributed by atoms with van der Waals surface area (Å²) in [5.41, 5.74) is 11.3. The van der Waals surface area contributed by atoms with Crippen molar-refractivity contribution in [3.8, 4) is 5.69 Å². The minimum Gasteiger partial charge on any atom is -0.397 e. The summed E-state index contributed by atoms with van der Waals surface area (Å²) >= 11 is 0.